The summed E-state index contributed by atoms with van der Waals surface area (Å²) in [6.45, 7) is 1.97. The Balaban J connectivity index is 1.93. The van der Waals surface area contributed by atoms with Gasteiger partial charge in [0, 0.05) is 37.9 Å². The molecule has 1 saturated heterocycles. The molecule has 0 N–H and O–H groups in total. The fraction of sp³-hybridized carbons (Fsp3) is 0.500. The third-order valence-electron chi connectivity index (χ3n) is 3.83. The van der Waals surface area contributed by atoms with E-state index in [1.54, 1.807) is 0 Å². The molecule has 0 bridgehead atoms. The molecule has 1 aromatic rings. The van der Waals surface area contributed by atoms with Gasteiger partial charge in [0.2, 0.25) is 5.91 Å². The normalized spacial score (nSPS) is 19.7. The number of carbonyl (C=O) groups excluding carboxylic acids is 1. The molecule has 2 aliphatic rings. The summed E-state index contributed by atoms with van der Waals surface area (Å²) in [6.07, 6.45) is 3.99. The van der Waals surface area contributed by atoms with Gasteiger partial charge >= 0.3 is 0 Å². The number of benzene rings is 1. The van der Waals surface area contributed by atoms with Crippen molar-refractivity contribution in [2.75, 3.05) is 29.9 Å². The van der Waals surface area contributed by atoms with Gasteiger partial charge in [-0.3, -0.25) is 4.79 Å². The van der Waals surface area contributed by atoms with Gasteiger partial charge in [-0.05, 0) is 37.0 Å². The van der Waals surface area contributed by atoms with Crippen LogP contribution >= 0.6 is 0 Å². The lowest BCUT2D eigenvalue weighted by Gasteiger charge is -2.27. The number of fused-ring (bicyclic) bond motifs is 1. The molecule has 0 aromatic heterocycles. The van der Waals surface area contributed by atoms with Crippen LogP contribution in [0.3, 0.4) is 0 Å². The van der Waals surface area contributed by atoms with Crippen LogP contribution in [0, 0.1) is 0 Å². The Bertz CT molecular complexity index is 456. The summed E-state index contributed by atoms with van der Waals surface area (Å²) in [5.74, 6) is 0.275. The number of likely N-dealkylation sites (N-methyl/N-ethyl adjacent to an activating group) is 1. The Kier molecular flexibility index (Phi) is 2.54. The van der Waals surface area contributed by atoms with Crippen molar-refractivity contribution in [2.24, 2.45) is 0 Å². The van der Waals surface area contributed by atoms with Gasteiger partial charge in [0.25, 0.3) is 0 Å². The first-order valence-corrected chi connectivity index (χ1v) is 6.40. The average molecular weight is 230 g/mol. The Morgan fingerprint density at radius 1 is 1.12 bits per heavy atom. The second-order valence-corrected chi connectivity index (χ2v) is 4.99. The first-order chi connectivity index (χ1) is 8.25. The van der Waals surface area contributed by atoms with Crippen molar-refractivity contribution in [3.8, 4) is 0 Å². The summed E-state index contributed by atoms with van der Waals surface area (Å²) in [7, 11) is 2.12. The van der Waals surface area contributed by atoms with Crippen molar-refractivity contribution in [3.05, 3.63) is 23.8 Å². The van der Waals surface area contributed by atoms with E-state index in [1.165, 1.54) is 11.3 Å². The fourth-order valence-corrected chi connectivity index (χ4v) is 2.77. The Morgan fingerprint density at radius 2 is 2.00 bits per heavy atom. The van der Waals surface area contributed by atoms with E-state index in [9.17, 15) is 4.79 Å². The summed E-state index contributed by atoms with van der Waals surface area (Å²) in [4.78, 5) is 16.1. The van der Waals surface area contributed by atoms with E-state index in [2.05, 4.69) is 30.1 Å². The molecule has 1 aromatic carbocycles. The predicted molar refractivity (Wildman–Crippen MR) is 69.6 cm³/mol. The molecule has 0 saturated carbocycles. The maximum Gasteiger partial charge on any atom is 0.226 e. The number of piperidine rings is 1. The maximum absolute atomic E-state index is 11.9. The highest BCUT2D eigenvalue weighted by Gasteiger charge is 2.22. The summed E-state index contributed by atoms with van der Waals surface area (Å²) in [6, 6.07) is 6.45. The van der Waals surface area contributed by atoms with Crippen molar-refractivity contribution >= 4 is 17.3 Å². The van der Waals surface area contributed by atoms with Gasteiger partial charge in [-0.2, -0.15) is 0 Å². The molecule has 2 heterocycles. The molecule has 0 unspecified atom stereocenters. The molecular formula is C14H18N2O. The molecule has 0 atom stereocenters. The maximum atomic E-state index is 11.9. The minimum atomic E-state index is 0.275. The van der Waals surface area contributed by atoms with E-state index in [-0.39, 0.29) is 5.91 Å². The van der Waals surface area contributed by atoms with Gasteiger partial charge in [0.15, 0.2) is 0 Å². The van der Waals surface area contributed by atoms with Crippen LogP contribution in [0.1, 0.15) is 24.8 Å². The van der Waals surface area contributed by atoms with Crippen LogP contribution in [0.2, 0.25) is 0 Å². The molecule has 17 heavy (non-hydrogen) atoms. The van der Waals surface area contributed by atoms with E-state index >= 15 is 0 Å². The van der Waals surface area contributed by atoms with Gasteiger partial charge in [-0.15, -0.1) is 0 Å². The molecule has 1 amide bonds. The lowest BCUT2D eigenvalue weighted by atomic mass is 10.1. The zero-order valence-electron chi connectivity index (χ0n) is 10.3. The second-order valence-electron chi connectivity index (χ2n) is 4.99. The van der Waals surface area contributed by atoms with Crippen LogP contribution in [0.4, 0.5) is 11.4 Å². The lowest BCUT2D eigenvalue weighted by Crippen LogP contribution is -2.35. The minimum absolute atomic E-state index is 0.275. The van der Waals surface area contributed by atoms with Crippen molar-refractivity contribution < 1.29 is 4.79 Å². The number of rotatable bonds is 1. The number of nitrogens with zero attached hydrogens (tertiary/aromatic N) is 2. The van der Waals surface area contributed by atoms with E-state index in [0.717, 1.165) is 38.0 Å². The Labute approximate surface area is 102 Å². The van der Waals surface area contributed by atoms with Crippen LogP contribution in [0.15, 0.2) is 18.2 Å². The number of hydrogen-bond donors (Lipinski definition) is 0. The molecule has 2 aliphatic heterocycles. The molecular weight excluding hydrogens is 212 g/mol. The topological polar surface area (TPSA) is 23.6 Å². The van der Waals surface area contributed by atoms with Gasteiger partial charge in [0.1, 0.15) is 0 Å². The highest BCUT2D eigenvalue weighted by Crippen LogP contribution is 2.32. The molecule has 0 aliphatic carbocycles. The SMILES string of the molecule is CN1CCc2ccc(N3CCCCC3=O)cc21. The third kappa shape index (κ3) is 1.79. The summed E-state index contributed by atoms with van der Waals surface area (Å²) in [5, 5.41) is 0. The predicted octanol–water partition coefficient (Wildman–Crippen LogP) is 2.20. The van der Waals surface area contributed by atoms with Crippen molar-refractivity contribution in [1.82, 2.24) is 0 Å². The highest BCUT2D eigenvalue weighted by molar-refractivity contribution is 5.94. The second kappa shape index (κ2) is 4.06. The molecule has 0 spiro atoms. The zero-order chi connectivity index (χ0) is 11.8. The monoisotopic (exact) mass is 230 g/mol. The highest BCUT2D eigenvalue weighted by atomic mass is 16.2. The molecule has 3 nitrogen and oxygen atoms in total. The quantitative estimate of drug-likeness (QED) is 0.738. The van der Waals surface area contributed by atoms with Crippen LogP contribution in [0.5, 0.6) is 0 Å². The van der Waals surface area contributed by atoms with Crippen LogP contribution in [-0.4, -0.2) is 26.0 Å². The van der Waals surface area contributed by atoms with Crippen molar-refractivity contribution in [1.29, 1.82) is 0 Å². The van der Waals surface area contributed by atoms with Crippen LogP contribution < -0.4 is 9.80 Å². The molecule has 90 valence electrons. The minimum Gasteiger partial charge on any atom is -0.374 e. The lowest BCUT2D eigenvalue weighted by molar-refractivity contribution is -0.119. The summed E-state index contributed by atoms with van der Waals surface area (Å²) < 4.78 is 0. The summed E-state index contributed by atoms with van der Waals surface area (Å²) >= 11 is 0. The van der Waals surface area contributed by atoms with Crippen LogP contribution in [-0.2, 0) is 11.2 Å². The van der Waals surface area contributed by atoms with Gasteiger partial charge in [-0.1, -0.05) is 6.07 Å². The Hall–Kier alpha value is -1.51. The number of amides is 1. The van der Waals surface area contributed by atoms with Gasteiger partial charge in [-0.25, -0.2) is 0 Å². The van der Waals surface area contributed by atoms with E-state index in [4.69, 9.17) is 0 Å². The van der Waals surface area contributed by atoms with E-state index < -0.39 is 0 Å². The summed E-state index contributed by atoms with van der Waals surface area (Å²) in [5.41, 5.74) is 3.77. The van der Waals surface area contributed by atoms with Crippen molar-refractivity contribution in [2.45, 2.75) is 25.7 Å². The van der Waals surface area contributed by atoms with Gasteiger partial charge in [0.05, 0.1) is 0 Å². The smallest absolute Gasteiger partial charge is 0.226 e. The first-order valence-electron chi connectivity index (χ1n) is 6.40. The largest absolute Gasteiger partial charge is 0.374 e. The van der Waals surface area contributed by atoms with Gasteiger partial charge < -0.3 is 9.80 Å². The average Bonchev–Trinajstić information content (AvgIpc) is 2.71. The molecule has 0 radical (unpaired) electrons. The van der Waals surface area contributed by atoms with E-state index in [1.807, 2.05) is 4.90 Å². The van der Waals surface area contributed by atoms with Crippen molar-refractivity contribution in [3.63, 3.8) is 0 Å². The standard InChI is InChI=1S/C14H18N2O/c1-15-9-7-11-5-6-12(10-13(11)15)16-8-3-2-4-14(16)17/h5-6,10H,2-4,7-9H2,1H3. The number of hydrogen-bond acceptors (Lipinski definition) is 2. The number of carbonyl (C=O) groups is 1. The molecule has 1 fully saturated rings. The molecule has 3 heteroatoms. The number of anilines is 2. The molecule has 3 rings (SSSR count). The Morgan fingerprint density at radius 3 is 2.82 bits per heavy atom. The third-order valence-corrected chi connectivity index (χ3v) is 3.83. The fourth-order valence-electron chi connectivity index (χ4n) is 2.77. The first kappa shape index (κ1) is 10.6. The zero-order valence-corrected chi connectivity index (χ0v) is 10.3. The van der Waals surface area contributed by atoms with E-state index in [0.29, 0.717) is 6.42 Å². The van der Waals surface area contributed by atoms with Crippen LogP contribution in [0.25, 0.3) is 0 Å².